The highest BCUT2D eigenvalue weighted by atomic mass is 32.2. The third-order valence-corrected chi connectivity index (χ3v) is 5.42. The number of sulfonamides is 1. The van der Waals surface area contributed by atoms with E-state index >= 15 is 0 Å². The van der Waals surface area contributed by atoms with Gasteiger partial charge in [0.15, 0.2) is 0 Å². The summed E-state index contributed by atoms with van der Waals surface area (Å²) in [5, 5.41) is 12.3. The molecule has 1 unspecified atom stereocenters. The summed E-state index contributed by atoms with van der Waals surface area (Å²) in [5.41, 5.74) is 1.31. The zero-order valence-corrected chi connectivity index (χ0v) is 15.0. The molecule has 2 aromatic carbocycles. The molecule has 0 radical (unpaired) electrons. The second-order valence-electron chi connectivity index (χ2n) is 5.97. The summed E-state index contributed by atoms with van der Waals surface area (Å²) in [6, 6.07) is 13.0. The van der Waals surface area contributed by atoms with Crippen molar-refractivity contribution in [3.8, 4) is 5.75 Å². The summed E-state index contributed by atoms with van der Waals surface area (Å²) in [7, 11) is -3.57. The predicted molar refractivity (Wildman–Crippen MR) is 97.4 cm³/mol. The van der Waals surface area contributed by atoms with Crippen molar-refractivity contribution in [3.05, 3.63) is 59.7 Å². The van der Waals surface area contributed by atoms with Crippen molar-refractivity contribution in [2.75, 3.05) is 6.54 Å². The van der Waals surface area contributed by atoms with Crippen molar-refractivity contribution in [3.63, 3.8) is 0 Å². The minimum atomic E-state index is -3.57. The molecule has 0 saturated carbocycles. The molecule has 0 aromatic heterocycles. The lowest BCUT2D eigenvalue weighted by Gasteiger charge is -2.14. The molecule has 0 aliphatic carbocycles. The van der Waals surface area contributed by atoms with Crippen molar-refractivity contribution in [2.24, 2.45) is 4.99 Å². The van der Waals surface area contributed by atoms with Gasteiger partial charge in [-0.2, -0.15) is 0 Å². The van der Waals surface area contributed by atoms with Crippen molar-refractivity contribution >= 4 is 21.8 Å². The minimum Gasteiger partial charge on any atom is -0.508 e. The van der Waals surface area contributed by atoms with Crippen LogP contribution in [0.4, 0.5) is 0 Å². The van der Waals surface area contributed by atoms with Crippen molar-refractivity contribution in [1.82, 2.24) is 10.0 Å². The van der Waals surface area contributed by atoms with Gasteiger partial charge in [-0.15, -0.1) is 0 Å². The molecule has 0 bridgehead atoms. The van der Waals surface area contributed by atoms with E-state index in [9.17, 15) is 18.3 Å². The topological polar surface area (TPSA) is 108 Å². The van der Waals surface area contributed by atoms with Crippen LogP contribution in [0.2, 0.25) is 0 Å². The van der Waals surface area contributed by atoms with Gasteiger partial charge in [-0.05, 0) is 36.8 Å². The maximum absolute atomic E-state index is 12.1. The normalized spacial score (nSPS) is 17.3. The number of carbonyl (C=O) groups is 1. The second kappa shape index (κ2) is 7.17. The van der Waals surface area contributed by atoms with E-state index in [2.05, 4.69) is 15.0 Å². The third-order valence-electron chi connectivity index (χ3n) is 4.02. The van der Waals surface area contributed by atoms with Crippen LogP contribution in [0.25, 0.3) is 0 Å². The quantitative estimate of drug-likeness (QED) is 0.741. The van der Waals surface area contributed by atoms with Crippen molar-refractivity contribution in [1.29, 1.82) is 0 Å². The average Bonchev–Trinajstić information content (AvgIpc) is 2.86. The fourth-order valence-corrected chi connectivity index (χ4v) is 3.96. The van der Waals surface area contributed by atoms with Gasteiger partial charge in [-0.1, -0.05) is 24.3 Å². The molecule has 3 N–H and O–H groups in total. The van der Waals surface area contributed by atoms with Crippen LogP contribution in [0.3, 0.4) is 0 Å². The van der Waals surface area contributed by atoms with Gasteiger partial charge in [-0.3, -0.25) is 14.5 Å². The van der Waals surface area contributed by atoms with E-state index in [1.807, 2.05) is 13.0 Å². The molecule has 1 heterocycles. The fourth-order valence-electron chi connectivity index (χ4n) is 2.71. The lowest BCUT2D eigenvalue weighted by atomic mass is 10.1. The lowest BCUT2D eigenvalue weighted by molar-refractivity contribution is -0.121. The third kappa shape index (κ3) is 3.85. The minimum absolute atomic E-state index is 0.122. The smallest absolute Gasteiger partial charge is 0.263 e. The Balaban J connectivity index is 1.60. The Bertz CT molecular complexity index is 970. The number of fused-ring (bicyclic) bond motifs is 1. The summed E-state index contributed by atoms with van der Waals surface area (Å²) in [5.74, 6) is 0.191. The number of rotatable bonds is 5. The van der Waals surface area contributed by atoms with E-state index in [0.717, 1.165) is 5.56 Å². The van der Waals surface area contributed by atoms with Gasteiger partial charge >= 0.3 is 0 Å². The Kier molecular flexibility index (Phi) is 4.94. The van der Waals surface area contributed by atoms with Crippen molar-refractivity contribution in [2.45, 2.75) is 24.3 Å². The molecule has 1 amide bonds. The molecule has 26 heavy (non-hydrogen) atoms. The fraction of sp³-hybridized carbons (Fsp3) is 0.222. The predicted octanol–water partition coefficient (Wildman–Crippen LogP) is 1.70. The van der Waals surface area contributed by atoms with Gasteiger partial charge in [0.1, 0.15) is 11.6 Å². The highest BCUT2D eigenvalue weighted by molar-refractivity contribution is 7.90. The molecule has 7 nitrogen and oxygen atoms in total. The number of phenolic OH excluding ortho intramolecular Hbond substituents is 1. The Morgan fingerprint density at radius 3 is 2.77 bits per heavy atom. The first kappa shape index (κ1) is 17.9. The molecule has 8 heteroatoms. The number of aliphatic imine (C=N–C) groups is 1. The highest BCUT2D eigenvalue weighted by Gasteiger charge is 2.29. The zero-order valence-electron chi connectivity index (χ0n) is 14.1. The summed E-state index contributed by atoms with van der Waals surface area (Å²) in [4.78, 5) is 16.5. The number of amidine groups is 1. The van der Waals surface area contributed by atoms with Gasteiger partial charge in [0, 0.05) is 12.0 Å². The maximum atomic E-state index is 12.1. The number of hydrogen-bond acceptors (Lipinski definition) is 5. The first-order chi connectivity index (χ1) is 12.4. The molecule has 136 valence electrons. The van der Waals surface area contributed by atoms with E-state index < -0.39 is 10.0 Å². The number of hydrogen-bond donors (Lipinski definition) is 3. The molecule has 2 aromatic rings. The van der Waals surface area contributed by atoms with Crippen LogP contribution in [0, 0.1) is 0 Å². The lowest BCUT2D eigenvalue weighted by Crippen LogP contribution is -2.27. The Labute approximate surface area is 151 Å². The Morgan fingerprint density at radius 1 is 1.23 bits per heavy atom. The molecule has 3 rings (SSSR count). The summed E-state index contributed by atoms with van der Waals surface area (Å²) in [6.07, 6.45) is 0.122. The largest absolute Gasteiger partial charge is 0.508 e. The number of aromatic hydroxyl groups is 1. The highest BCUT2D eigenvalue weighted by Crippen LogP contribution is 2.22. The van der Waals surface area contributed by atoms with Gasteiger partial charge < -0.3 is 10.4 Å². The summed E-state index contributed by atoms with van der Waals surface area (Å²) >= 11 is 0. The molecule has 0 spiro atoms. The molecule has 1 aliphatic heterocycles. The van der Waals surface area contributed by atoms with Crippen LogP contribution >= 0.6 is 0 Å². The molecular weight excluding hydrogens is 354 g/mol. The maximum Gasteiger partial charge on any atom is 0.263 e. The number of nitrogens with one attached hydrogen (secondary N) is 2. The summed E-state index contributed by atoms with van der Waals surface area (Å²) < 4.78 is 26.4. The molecule has 0 saturated heterocycles. The zero-order chi connectivity index (χ0) is 18.7. The van der Waals surface area contributed by atoms with Crippen LogP contribution in [0.1, 0.15) is 30.5 Å². The van der Waals surface area contributed by atoms with Gasteiger partial charge in [0.2, 0.25) is 5.91 Å². The Hall–Kier alpha value is -2.87. The van der Waals surface area contributed by atoms with E-state index in [1.54, 1.807) is 36.4 Å². The summed E-state index contributed by atoms with van der Waals surface area (Å²) in [6.45, 7) is 1.98. The van der Waals surface area contributed by atoms with Crippen LogP contribution in [0.5, 0.6) is 5.75 Å². The van der Waals surface area contributed by atoms with Crippen LogP contribution < -0.4 is 10.0 Å². The van der Waals surface area contributed by atoms with E-state index in [0.29, 0.717) is 5.56 Å². The van der Waals surface area contributed by atoms with Gasteiger partial charge in [0.05, 0.1) is 17.5 Å². The number of amides is 1. The number of carbonyl (C=O) groups excluding carboxylic acids is 1. The second-order valence-corrected chi connectivity index (χ2v) is 7.62. The molecular formula is C18H19N3O4S. The van der Waals surface area contributed by atoms with E-state index in [4.69, 9.17) is 0 Å². The standard InChI is InChI=1S/C18H19N3O4S/c1-12(13-5-4-6-14(22)11-13)20-17(23)9-10-19-18-15-7-2-3-8-16(15)26(24,25)21-18/h2-8,11-12,22H,9-10H2,1H3,(H,19,21)(H,20,23). The van der Waals surface area contributed by atoms with Crippen LogP contribution in [-0.4, -0.2) is 31.8 Å². The molecule has 1 aliphatic rings. The monoisotopic (exact) mass is 373 g/mol. The van der Waals surface area contributed by atoms with E-state index in [1.165, 1.54) is 6.07 Å². The number of benzene rings is 2. The van der Waals surface area contributed by atoms with Gasteiger partial charge in [-0.25, -0.2) is 8.42 Å². The first-order valence-corrected chi connectivity index (χ1v) is 9.60. The first-order valence-electron chi connectivity index (χ1n) is 8.12. The number of nitrogens with zero attached hydrogens (tertiary/aromatic N) is 1. The SMILES string of the molecule is CC(NC(=O)CCN=C1NS(=O)(=O)c2ccccc21)c1cccc(O)c1. The average molecular weight is 373 g/mol. The molecule has 1 atom stereocenters. The van der Waals surface area contributed by atoms with Crippen LogP contribution in [0.15, 0.2) is 58.4 Å². The van der Waals surface area contributed by atoms with Crippen molar-refractivity contribution < 1.29 is 18.3 Å². The van der Waals surface area contributed by atoms with E-state index in [-0.39, 0.29) is 41.4 Å². The Morgan fingerprint density at radius 2 is 2.00 bits per heavy atom. The molecule has 0 fully saturated rings. The number of phenols is 1. The van der Waals surface area contributed by atoms with Crippen LogP contribution in [-0.2, 0) is 14.8 Å². The van der Waals surface area contributed by atoms with Gasteiger partial charge in [0.25, 0.3) is 10.0 Å².